The summed E-state index contributed by atoms with van der Waals surface area (Å²) >= 11 is 2.47. The highest BCUT2D eigenvalue weighted by Crippen LogP contribution is 2.40. The number of carbonyl (C=O) groups is 3. The van der Waals surface area contributed by atoms with Crippen LogP contribution in [0.2, 0.25) is 0 Å². The van der Waals surface area contributed by atoms with Gasteiger partial charge in [-0.2, -0.15) is 9.66 Å². The molecule has 1 saturated heterocycles. The monoisotopic (exact) mass is 553 g/mol. The molecule has 0 unspecified atom stereocenters. The zero-order valence-electron chi connectivity index (χ0n) is 19.9. The first-order chi connectivity index (χ1) is 18.3. The largest absolute Gasteiger partial charge is 0.477 e. The highest BCUT2D eigenvalue weighted by Gasteiger charge is 2.54. The first kappa shape index (κ1) is 25.2. The number of thioether (sulfide) groups is 1. The number of thiazole rings is 1. The minimum absolute atomic E-state index is 0.124. The minimum Gasteiger partial charge on any atom is -0.477 e. The number of carbonyl (C=O) groups excluding carboxylic acids is 2. The SMILES string of the molecule is CCO/N=C(/C(=O)N[C@@H]1C(=O)N2C(C(=O)O)=C(C[n+]3cc(C#N)n4ccccc43)CS[C@H]12)c1csc(N)n1. The Labute approximate surface area is 223 Å². The third-order valence-corrected chi connectivity index (χ3v) is 7.96. The molecule has 3 aromatic heterocycles. The van der Waals surface area contributed by atoms with E-state index in [2.05, 4.69) is 21.5 Å². The number of nitriles is 1. The highest BCUT2D eigenvalue weighted by molar-refractivity contribution is 8.00. The number of aromatic nitrogens is 3. The van der Waals surface area contributed by atoms with Crippen molar-refractivity contribution < 1.29 is 28.9 Å². The summed E-state index contributed by atoms with van der Waals surface area (Å²) in [6.07, 6.45) is 3.39. The Hall–Kier alpha value is -4.42. The number of carboxylic acids is 1. The summed E-state index contributed by atoms with van der Waals surface area (Å²) < 4.78 is 3.48. The summed E-state index contributed by atoms with van der Waals surface area (Å²) in [6, 6.07) is 6.60. The number of fused-ring (bicyclic) bond motifs is 2. The number of nitrogens with two attached hydrogens (primary N) is 1. The summed E-state index contributed by atoms with van der Waals surface area (Å²) in [5.74, 6) is -2.17. The zero-order valence-corrected chi connectivity index (χ0v) is 21.5. The second kappa shape index (κ2) is 10.1. The van der Waals surface area contributed by atoms with Crippen molar-refractivity contribution in [2.75, 3.05) is 18.1 Å². The first-order valence-electron chi connectivity index (χ1n) is 11.4. The maximum Gasteiger partial charge on any atom is 0.352 e. The molecule has 0 aromatic carbocycles. The quantitative estimate of drug-likeness (QED) is 0.153. The van der Waals surface area contributed by atoms with E-state index < -0.39 is 29.2 Å². The van der Waals surface area contributed by atoms with Crippen LogP contribution in [0.15, 0.2) is 52.4 Å². The standard InChI is InChI=1S/C23H20N8O5S2/c1-2-36-28-16(14-11-38-23(25)26-14)19(32)27-17-20(33)31-18(22(34)35)12(10-37-21(17)31)8-29-9-13(7-24)30-6-4-3-5-15(29)30/h3-6,9,11,17,21H,2,8,10H2,1H3,(H3-,25,26,27,32,34,35)/p+1/b28-16+/t17-,21-/m1/s1. The van der Waals surface area contributed by atoms with Crippen molar-refractivity contribution in [2.45, 2.75) is 24.9 Å². The van der Waals surface area contributed by atoms with Crippen LogP contribution >= 0.6 is 23.1 Å². The molecule has 0 saturated carbocycles. The highest BCUT2D eigenvalue weighted by atomic mass is 32.2. The van der Waals surface area contributed by atoms with Crippen LogP contribution in [-0.2, 0) is 25.8 Å². The number of imidazole rings is 1. The first-order valence-corrected chi connectivity index (χ1v) is 13.3. The van der Waals surface area contributed by atoms with Gasteiger partial charge < -0.3 is 21.0 Å². The Morgan fingerprint density at radius 3 is 2.95 bits per heavy atom. The van der Waals surface area contributed by atoms with Gasteiger partial charge in [-0.05, 0) is 13.0 Å². The number of aliphatic carboxylic acids is 1. The van der Waals surface area contributed by atoms with Crippen molar-refractivity contribution >= 4 is 57.4 Å². The van der Waals surface area contributed by atoms with Crippen LogP contribution in [0.4, 0.5) is 5.13 Å². The van der Waals surface area contributed by atoms with Gasteiger partial charge in [-0.15, -0.1) is 23.1 Å². The minimum atomic E-state index is -1.25. The Bertz CT molecular complexity index is 1570. The maximum atomic E-state index is 13.1. The van der Waals surface area contributed by atoms with Gasteiger partial charge in [-0.25, -0.2) is 14.3 Å². The Balaban J connectivity index is 1.39. The lowest BCUT2D eigenvalue weighted by Crippen LogP contribution is -2.71. The number of nitrogens with one attached hydrogen (secondary N) is 1. The summed E-state index contributed by atoms with van der Waals surface area (Å²) in [7, 11) is 0. The fraction of sp³-hybridized carbons (Fsp3) is 0.261. The summed E-state index contributed by atoms with van der Waals surface area (Å²) in [4.78, 5) is 48.7. The lowest BCUT2D eigenvalue weighted by Gasteiger charge is -2.49. The predicted octanol–water partition coefficient (Wildman–Crippen LogP) is 0.317. The van der Waals surface area contributed by atoms with E-state index in [1.54, 1.807) is 39.7 Å². The van der Waals surface area contributed by atoms with Crippen LogP contribution in [0.5, 0.6) is 0 Å². The number of nitrogens with zero attached hydrogens (tertiary/aromatic N) is 6. The van der Waals surface area contributed by atoms with E-state index in [-0.39, 0.29) is 35.4 Å². The van der Waals surface area contributed by atoms with Crippen LogP contribution in [0, 0.1) is 11.3 Å². The van der Waals surface area contributed by atoms with Crippen LogP contribution in [0.1, 0.15) is 18.3 Å². The molecule has 2 aliphatic rings. The maximum absolute atomic E-state index is 13.1. The lowest BCUT2D eigenvalue weighted by atomic mass is 10.0. The molecule has 13 nitrogen and oxygen atoms in total. The number of rotatable bonds is 8. The van der Waals surface area contributed by atoms with E-state index in [0.29, 0.717) is 22.7 Å². The molecule has 1 fully saturated rings. The molecule has 38 heavy (non-hydrogen) atoms. The second-order valence-electron chi connectivity index (χ2n) is 8.23. The van der Waals surface area contributed by atoms with Crippen LogP contribution in [0.3, 0.4) is 0 Å². The number of carboxylic acid groups (broad SMARTS) is 1. The molecule has 0 radical (unpaired) electrons. The molecule has 0 bridgehead atoms. The number of hydrogen-bond acceptors (Lipinski definition) is 10. The Kier molecular flexibility index (Phi) is 6.74. The van der Waals surface area contributed by atoms with Crippen molar-refractivity contribution in [3.05, 3.63) is 58.6 Å². The average molecular weight is 554 g/mol. The number of nitrogen functional groups attached to an aromatic ring is 1. The summed E-state index contributed by atoms with van der Waals surface area (Å²) in [5.41, 5.74) is 7.25. The van der Waals surface area contributed by atoms with Crippen molar-refractivity contribution in [3.8, 4) is 6.07 Å². The number of amides is 2. The van der Waals surface area contributed by atoms with Gasteiger partial charge in [-0.1, -0.05) is 11.2 Å². The van der Waals surface area contributed by atoms with E-state index in [9.17, 15) is 24.8 Å². The van der Waals surface area contributed by atoms with Gasteiger partial charge in [0.05, 0.1) is 6.20 Å². The van der Waals surface area contributed by atoms with Gasteiger partial charge in [0, 0.05) is 22.8 Å². The fourth-order valence-corrected chi connectivity index (χ4v) is 6.19. The van der Waals surface area contributed by atoms with Crippen LogP contribution in [-0.4, -0.2) is 66.7 Å². The molecule has 2 amide bonds. The zero-order chi connectivity index (χ0) is 27.0. The number of pyridine rings is 1. The van der Waals surface area contributed by atoms with Gasteiger partial charge >= 0.3 is 5.97 Å². The van der Waals surface area contributed by atoms with Crippen molar-refractivity contribution in [2.24, 2.45) is 5.16 Å². The smallest absolute Gasteiger partial charge is 0.352 e. The van der Waals surface area contributed by atoms with E-state index >= 15 is 0 Å². The molecule has 3 aromatic rings. The second-order valence-corrected chi connectivity index (χ2v) is 10.2. The third-order valence-electron chi connectivity index (χ3n) is 5.95. The number of hydrogen-bond donors (Lipinski definition) is 3. The van der Waals surface area contributed by atoms with E-state index in [1.165, 1.54) is 16.7 Å². The number of oxime groups is 1. The molecule has 15 heteroatoms. The molecule has 2 atom stereocenters. The topological polar surface area (TPSA) is 179 Å². The Morgan fingerprint density at radius 2 is 2.26 bits per heavy atom. The van der Waals surface area contributed by atoms with E-state index in [4.69, 9.17) is 10.6 Å². The molecule has 5 rings (SSSR count). The van der Waals surface area contributed by atoms with Crippen molar-refractivity contribution in [1.29, 1.82) is 5.26 Å². The van der Waals surface area contributed by atoms with Gasteiger partial charge in [0.1, 0.15) is 48.2 Å². The molecular formula is C23H21N8O5S2+. The molecular weight excluding hydrogens is 532 g/mol. The average Bonchev–Trinajstić information content (AvgIpc) is 3.50. The van der Waals surface area contributed by atoms with Gasteiger partial charge in [-0.3, -0.25) is 14.5 Å². The third kappa shape index (κ3) is 4.33. The van der Waals surface area contributed by atoms with Crippen molar-refractivity contribution in [1.82, 2.24) is 19.6 Å². The summed E-state index contributed by atoms with van der Waals surface area (Å²) in [5, 5.41) is 27.2. The fourth-order valence-electron chi connectivity index (χ4n) is 4.31. The van der Waals surface area contributed by atoms with Crippen LogP contribution < -0.4 is 15.6 Å². The van der Waals surface area contributed by atoms with E-state index in [0.717, 1.165) is 11.3 Å². The predicted molar refractivity (Wildman–Crippen MR) is 137 cm³/mol. The molecule has 0 spiro atoms. The molecule has 0 aliphatic carbocycles. The Morgan fingerprint density at radius 1 is 1.45 bits per heavy atom. The molecule has 2 aliphatic heterocycles. The van der Waals surface area contributed by atoms with Gasteiger partial charge in [0.2, 0.25) is 5.69 Å². The van der Waals surface area contributed by atoms with Crippen LogP contribution in [0.25, 0.3) is 5.65 Å². The number of anilines is 1. The number of β-lactam (4-membered cyclic amide) rings is 1. The molecule has 5 heterocycles. The van der Waals surface area contributed by atoms with Gasteiger partial charge in [0.25, 0.3) is 17.5 Å². The molecule has 194 valence electrons. The lowest BCUT2D eigenvalue weighted by molar-refractivity contribution is -0.662. The van der Waals surface area contributed by atoms with Crippen molar-refractivity contribution in [3.63, 3.8) is 0 Å². The molecule has 4 N–H and O–H groups in total. The normalized spacial score (nSPS) is 19.1. The van der Waals surface area contributed by atoms with E-state index in [1.807, 2.05) is 12.1 Å². The summed E-state index contributed by atoms with van der Waals surface area (Å²) in [6.45, 7) is 2.09. The van der Waals surface area contributed by atoms with Gasteiger partial charge in [0.15, 0.2) is 10.8 Å².